The SMILES string of the molecule is CCOc1ccccc1NC(=O)/C(C#N)=C/c1cc2c(cc1OC)CC(C)O2. The van der Waals surface area contributed by atoms with E-state index in [2.05, 4.69) is 5.32 Å². The van der Waals surface area contributed by atoms with Gasteiger partial charge in [-0.2, -0.15) is 5.26 Å². The van der Waals surface area contributed by atoms with Gasteiger partial charge < -0.3 is 19.5 Å². The molecule has 0 aliphatic carbocycles. The first-order chi connectivity index (χ1) is 13.5. The van der Waals surface area contributed by atoms with Crippen LogP contribution in [0, 0.1) is 11.3 Å². The highest BCUT2D eigenvalue weighted by Gasteiger charge is 2.22. The fourth-order valence-electron chi connectivity index (χ4n) is 3.09. The van der Waals surface area contributed by atoms with E-state index >= 15 is 0 Å². The van der Waals surface area contributed by atoms with E-state index in [4.69, 9.17) is 14.2 Å². The van der Waals surface area contributed by atoms with E-state index < -0.39 is 5.91 Å². The first-order valence-electron chi connectivity index (χ1n) is 9.08. The van der Waals surface area contributed by atoms with Gasteiger partial charge in [-0.25, -0.2) is 0 Å². The standard InChI is InChI=1S/C22H22N2O4/c1-4-27-19-8-6-5-7-18(19)24-22(25)17(13-23)10-16-12-21-15(9-14(2)28-21)11-20(16)26-3/h5-8,10-12,14H,4,9H2,1-3H3,(H,24,25)/b17-10+. The number of hydrogen-bond donors (Lipinski definition) is 1. The van der Waals surface area contributed by atoms with E-state index in [-0.39, 0.29) is 11.7 Å². The Labute approximate surface area is 164 Å². The summed E-state index contributed by atoms with van der Waals surface area (Å²) >= 11 is 0. The van der Waals surface area contributed by atoms with Gasteiger partial charge in [0.25, 0.3) is 5.91 Å². The maximum atomic E-state index is 12.7. The topological polar surface area (TPSA) is 80.6 Å². The predicted molar refractivity (Wildman–Crippen MR) is 107 cm³/mol. The molecule has 1 unspecified atom stereocenters. The molecule has 1 amide bonds. The van der Waals surface area contributed by atoms with Crippen LogP contribution in [0.5, 0.6) is 17.2 Å². The molecule has 28 heavy (non-hydrogen) atoms. The number of fused-ring (bicyclic) bond motifs is 1. The van der Waals surface area contributed by atoms with Crippen LogP contribution < -0.4 is 19.5 Å². The molecule has 0 saturated heterocycles. The molecule has 2 aromatic rings. The summed E-state index contributed by atoms with van der Waals surface area (Å²) in [5.74, 6) is 1.37. The molecular formula is C22H22N2O4. The number of ether oxygens (including phenoxy) is 3. The number of nitrogens with zero attached hydrogens (tertiary/aromatic N) is 1. The number of methoxy groups -OCH3 is 1. The highest BCUT2D eigenvalue weighted by atomic mass is 16.5. The van der Waals surface area contributed by atoms with Crippen LogP contribution in [-0.2, 0) is 11.2 Å². The lowest BCUT2D eigenvalue weighted by Crippen LogP contribution is -2.14. The minimum Gasteiger partial charge on any atom is -0.496 e. The molecule has 1 aliphatic rings. The van der Waals surface area contributed by atoms with E-state index in [0.717, 1.165) is 17.7 Å². The van der Waals surface area contributed by atoms with Crippen LogP contribution in [0.1, 0.15) is 25.0 Å². The Kier molecular flexibility index (Phi) is 5.85. The molecule has 6 nitrogen and oxygen atoms in total. The highest BCUT2D eigenvalue weighted by Crippen LogP contribution is 2.36. The van der Waals surface area contributed by atoms with E-state index in [0.29, 0.717) is 29.4 Å². The Hall–Kier alpha value is -3.46. The monoisotopic (exact) mass is 378 g/mol. The number of amides is 1. The van der Waals surface area contributed by atoms with Crippen molar-refractivity contribution in [3.05, 3.63) is 53.1 Å². The Balaban J connectivity index is 1.90. The number of benzene rings is 2. The average Bonchev–Trinajstić information content (AvgIpc) is 3.05. The molecule has 0 saturated carbocycles. The molecule has 144 valence electrons. The zero-order valence-electron chi connectivity index (χ0n) is 16.1. The Morgan fingerprint density at radius 3 is 2.86 bits per heavy atom. The summed E-state index contributed by atoms with van der Waals surface area (Å²) in [7, 11) is 1.56. The van der Waals surface area contributed by atoms with Gasteiger partial charge in [0.15, 0.2) is 0 Å². The van der Waals surface area contributed by atoms with Crippen molar-refractivity contribution in [2.45, 2.75) is 26.4 Å². The number of carbonyl (C=O) groups is 1. The fourth-order valence-corrected chi connectivity index (χ4v) is 3.09. The maximum Gasteiger partial charge on any atom is 0.266 e. The van der Waals surface area contributed by atoms with Gasteiger partial charge in [-0.05, 0) is 44.2 Å². The van der Waals surface area contributed by atoms with E-state index in [1.807, 2.05) is 32.0 Å². The second-order valence-corrected chi connectivity index (χ2v) is 6.39. The maximum absolute atomic E-state index is 12.7. The Morgan fingerprint density at radius 2 is 2.14 bits per heavy atom. The number of hydrogen-bond acceptors (Lipinski definition) is 5. The molecular weight excluding hydrogens is 356 g/mol. The smallest absolute Gasteiger partial charge is 0.266 e. The Morgan fingerprint density at radius 1 is 1.36 bits per heavy atom. The molecule has 1 N–H and O–H groups in total. The summed E-state index contributed by atoms with van der Waals surface area (Å²) in [5, 5.41) is 12.3. The van der Waals surface area contributed by atoms with E-state index in [9.17, 15) is 10.1 Å². The predicted octanol–water partition coefficient (Wildman–Crippen LogP) is 3.96. The quantitative estimate of drug-likeness (QED) is 0.608. The summed E-state index contributed by atoms with van der Waals surface area (Å²) in [6, 6.07) is 12.7. The van der Waals surface area contributed by atoms with Gasteiger partial charge in [0.1, 0.15) is 35.0 Å². The fraction of sp³-hybridized carbons (Fsp3) is 0.273. The molecule has 2 aromatic carbocycles. The van der Waals surface area contributed by atoms with Gasteiger partial charge in [-0.3, -0.25) is 4.79 Å². The van der Waals surface area contributed by atoms with Crippen LogP contribution in [0.4, 0.5) is 5.69 Å². The first-order valence-corrected chi connectivity index (χ1v) is 9.08. The molecule has 1 atom stereocenters. The summed E-state index contributed by atoms with van der Waals surface area (Å²) < 4.78 is 16.7. The van der Waals surface area contributed by atoms with Gasteiger partial charge in [0.2, 0.25) is 0 Å². The molecule has 0 bridgehead atoms. The summed E-state index contributed by atoms with van der Waals surface area (Å²) in [6.07, 6.45) is 2.40. The molecule has 0 spiro atoms. The third-order valence-electron chi connectivity index (χ3n) is 4.35. The lowest BCUT2D eigenvalue weighted by atomic mass is 10.0. The number of carbonyl (C=O) groups excluding carboxylic acids is 1. The second-order valence-electron chi connectivity index (χ2n) is 6.39. The first kappa shape index (κ1) is 19.3. The molecule has 0 fully saturated rings. The lowest BCUT2D eigenvalue weighted by Gasteiger charge is -2.11. The zero-order valence-corrected chi connectivity index (χ0v) is 16.1. The number of anilines is 1. The largest absolute Gasteiger partial charge is 0.496 e. The summed E-state index contributed by atoms with van der Waals surface area (Å²) in [6.45, 7) is 4.33. The van der Waals surface area contributed by atoms with Crippen LogP contribution in [-0.4, -0.2) is 25.7 Å². The van der Waals surface area contributed by atoms with Crippen molar-refractivity contribution < 1.29 is 19.0 Å². The van der Waals surface area contributed by atoms with Crippen molar-refractivity contribution in [3.8, 4) is 23.3 Å². The van der Waals surface area contributed by atoms with Crippen molar-refractivity contribution >= 4 is 17.7 Å². The van der Waals surface area contributed by atoms with Gasteiger partial charge in [-0.15, -0.1) is 0 Å². The van der Waals surface area contributed by atoms with Gasteiger partial charge in [-0.1, -0.05) is 12.1 Å². The third kappa shape index (κ3) is 4.09. The number of rotatable bonds is 6. The minimum absolute atomic E-state index is 0.0457. The molecule has 0 radical (unpaired) electrons. The third-order valence-corrected chi connectivity index (χ3v) is 4.35. The van der Waals surface area contributed by atoms with Crippen LogP contribution in [0.25, 0.3) is 6.08 Å². The van der Waals surface area contributed by atoms with Crippen molar-refractivity contribution in [1.29, 1.82) is 5.26 Å². The van der Waals surface area contributed by atoms with Crippen LogP contribution >= 0.6 is 0 Å². The number of nitrogens with one attached hydrogen (secondary N) is 1. The molecule has 0 aromatic heterocycles. The lowest BCUT2D eigenvalue weighted by molar-refractivity contribution is -0.112. The number of para-hydroxylation sites is 2. The van der Waals surface area contributed by atoms with Gasteiger partial charge in [0.05, 0.1) is 19.4 Å². The highest BCUT2D eigenvalue weighted by molar-refractivity contribution is 6.10. The summed E-state index contributed by atoms with van der Waals surface area (Å²) in [4.78, 5) is 12.7. The van der Waals surface area contributed by atoms with E-state index in [1.165, 1.54) is 6.08 Å². The van der Waals surface area contributed by atoms with Crippen molar-refractivity contribution in [2.24, 2.45) is 0 Å². The van der Waals surface area contributed by atoms with Crippen molar-refractivity contribution in [3.63, 3.8) is 0 Å². The van der Waals surface area contributed by atoms with Crippen LogP contribution in [0.3, 0.4) is 0 Å². The van der Waals surface area contributed by atoms with Crippen molar-refractivity contribution in [2.75, 3.05) is 19.0 Å². The normalized spacial score (nSPS) is 15.2. The number of nitriles is 1. The molecule has 3 rings (SSSR count). The minimum atomic E-state index is -0.522. The zero-order chi connectivity index (χ0) is 20.1. The van der Waals surface area contributed by atoms with E-state index in [1.54, 1.807) is 31.4 Å². The molecule has 6 heteroatoms. The molecule has 1 heterocycles. The van der Waals surface area contributed by atoms with Crippen molar-refractivity contribution in [1.82, 2.24) is 0 Å². The average molecular weight is 378 g/mol. The summed E-state index contributed by atoms with van der Waals surface area (Å²) in [5.41, 5.74) is 2.12. The van der Waals surface area contributed by atoms with Gasteiger partial charge >= 0.3 is 0 Å². The Bertz CT molecular complexity index is 959. The van der Waals surface area contributed by atoms with Gasteiger partial charge in [0, 0.05) is 17.5 Å². The van der Waals surface area contributed by atoms with Crippen LogP contribution in [0.2, 0.25) is 0 Å². The second kappa shape index (κ2) is 8.49. The molecule has 1 aliphatic heterocycles. The van der Waals surface area contributed by atoms with Crippen LogP contribution in [0.15, 0.2) is 42.0 Å².